The number of hydrogen-bond donors (Lipinski definition) is 0. The van der Waals surface area contributed by atoms with E-state index in [1.165, 1.54) is 6.20 Å². The Hall–Kier alpha value is -1.60. The molecule has 0 radical (unpaired) electrons. The van der Waals surface area contributed by atoms with Crippen LogP contribution in [0.4, 0.5) is 4.79 Å². The number of benzene rings is 1. The molecule has 8 heteroatoms. The molecule has 1 saturated heterocycles. The predicted molar refractivity (Wildman–Crippen MR) is 100 cm³/mol. The number of aromatic nitrogens is 2. The molecule has 1 aliphatic rings. The Balaban J connectivity index is 1.75. The van der Waals surface area contributed by atoms with Gasteiger partial charge in [0.1, 0.15) is 5.60 Å². The molecule has 0 spiro atoms. The highest BCUT2D eigenvalue weighted by Gasteiger charge is 2.34. The first kappa shape index (κ1) is 18.2. The Morgan fingerprint density at radius 1 is 1.40 bits per heavy atom. The van der Waals surface area contributed by atoms with Crippen LogP contribution in [0.5, 0.6) is 0 Å². The molecule has 0 bridgehead atoms. The van der Waals surface area contributed by atoms with Gasteiger partial charge in [0, 0.05) is 30.0 Å². The van der Waals surface area contributed by atoms with Crippen LogP contribution in [-0.2, 0) is 11.3 Å². The summed E-state index contributed by atoms with van der Waals surface area (Å²) in [5, 5.41) is 0.526. The molecule has 2 aromatic rings. The fraction of sp³-hybridized carbons (Fsp3) is 0.471. The molecule has 0 unspecified atom stereocenters. The van der Waals surface area contributed by atoms with Crippen LogP contribution in [0.15, 0.2) is 27.6 Å². The molecule has 2 heterocycles. The van der Waals surface area contributed by atoms with Crippen molar-refractivity contribution >= 4 is 44.7 Å². The van der Waals surface area contributed by atoms with Crippen molar-refractivity contribution in [2.45, 2.75) is 32.9 Å². The zero-order valence-electron chi connectivity index (χ0n) is 14.3. The average molecular weight is 429 g/mol. The fourth-order valence-electron chi connectivity index (χ4n) is 2.77. The van der Waals surface area contributed by atoms with E-state index in [2.05, 4.69) is 20.9 Å². The van der Waals surface area contributed by atoms with E-state index >= 15 is 0 Å². The maximum Gasteiger partial charge on any atom is 0.410 e. The third-order valence-corrected chi connectivity index (χ3v) is 5.14. The average Bonchev–Trinajstić information content (AvgIpc) is 2.44. The highest BCUT2D eigenvalue weighted by Crippen LogP contribution is 2.28. The number of hydrogen-bond acceptors (Lipinski definition) is 4. The minimum atomic E-state index is -0.509. The minimum Gasteiger partial charge on any atom is -0.444 e. The molecule has 0 atom stereocenters. The summed E-state index contributed by atoms with van der Waals surface area (Å²) in [7, 11) is 0. The SMILES string of the molecule is CC(C)(C)OC(=O)N1CC(Cn2c(=O)cnc3cc(Br)c(Cl)cc32)C1. The Morgan fingerprint density at radius 3 is 2.72 bits per heavy atom. The topological polar surface area (TPSA) is 64.4 Å². The maximum absolute atomic E-state index is 12.2. The van der Waals surface area contributed by atoms with Gasteiger partial charge in [0.25, 0.3) is 5.56 Å². The fourth-order valence-corrected chi connectivity index (χ4v) is 3.26. The number of fused-ring (bicyclic) bond motifs is 1. The van der Waals surface area contributed by atoms with Gasteiger partial charge in [-0.05, 0) is 48.8 Å². The largest absolute Gasteiger partial charge is 0.444 e. The molecule has 0 N–H and O–H groups in total. The van der Waals surface area contributed by atoms with Crippen LogP contribution in [0.3, 0.4) is 0 Å². The molecule has 0 saturated carbocycles. The monoisotopic (exact) mass is 427 g/mol. The quantitative estimate of drug-likeness (QED) is 0.732. The summed E-state index contributed by atoms with van der Waals surface area (Å²) >= 11 is 9.53. The maximum atomic E-state index is 12.2. The second-order valence-electron chi connectivity index (χ2n) is 7.21. The summed E-state index contributed by atoms with van der Waals surface area (Å²) < 4.78 is 7.75. The molecule has 6 nitrogen and oxygen atoms in total. The number of rotatable bonds is 2. The number of nitrogens with zero attached hydrogens (tertiary/aromatic N) is 3. The van der Waals surface area contributed by atoms with Gasteiger partial charge in [-0.25, -0.2) is 9.78 Å². The Labute approximate surface area is 158 Å². The number of ether oxygens (including phenoxy) is 1. The molecular formula is C17H19BrClN3O3. The summed E-state index contributed by atoms with van der Waals surface area (Å²) in [6.45, 7) is 7.16. The minimum absolute atomic E-state index is 0.179. The summed E-state index contributed by atoms with van der Waals surface area (Å²) in [5.74, 6) is 0.193. The molecule has 0 aliphatic carbocycles. The van der Waals surface area contributed by atoms with Crippen molar-refractivity contribution in [1.29, 1.82) is 0 Å². The van der Waals surface area contributed by atoms with Crippen LogP contribution in [0.2, 0.25) is 5.02 Å². The summed E-state index contributed by atoms with van der Waals surface area (Å²) in [6, 6.07) is 3.53. The van der Waals surface area contributed by atoms with Crippen molar-refractivity contribution in [3.8, 4) is 0 Å². The standard InChI is InChI=1S/C17H19BrClN3O3/c1-17(2,3)25-16(24)21-7-10(8-21)9-22-14-5-12(19)11(18)4-13(14)20-6-15(22)23/h4-6,10H,7-9H2,1-3H3. The van der Waals surface area contributed by atoms with Crippen LogP contribution in [0.25, 0.3) is 11.0 Å². The first-order valence-corrected chi connectivity index (χ1v) is 9.13. The van der Waals surface area contributed by atoms with E-state index in [9.17, 15) is 9.59 Å². The first-order valence-electron chi connectivity index (χ1n) is 7.96. The zero-order chi connectivity index (χ0) is 18.4. The van der Waals surface area contributed by atoms with Crippen LogP contribution >= 0.6 is 27.5 Å². The molecule has 1 amide bonds. The molecule has 1 aromatic carbocycles. The highest BCUT2D eigenvalue weighted by molar-refractivity contribution is 9.10. The van der Waals surface area contributed by atoms with Gasteiger partial charge in [-0.3, -0.25) is 4.79 Å². The van der Waals surface area contributed by atoms with Gasteiger partial charge < -0.3 is 14.2 Å². The van der Waals surface area contributed by atoms with E-state index in [0.717, 1.165) is 4.47 Å². The smallest absolute Gasteiger partial charge is 0.410 e. The van der Waals surface area contributed by atoms with E-state index < -0.39 is 5.60 Å². The normalized spacial score (nSPS) is 15.3. The molecule has 134 valence electrons. The van der Waals surface area contributed by atoms with Gasteiger partial charge in [-0.2, -0.15) is 0 Å². The predicted octanol–water partition coefficient (Wildman–Crippen LogP) is 3.68. The zero-order valence-corrected chi connectivity index (χ0v) is 16.6. The van der Waals surface area contributed by atoms with Crippen LogP contribution in [0, 0.1) is 5.92 Å². The number of amides is 1. The van der Waals surface area contributed by atoms with Crippen molar-refractivity contribution in [3.63, 3.8) is 0 Å². The van der Waals surface area contributed by atoms with Crippen LogP contribution in [0.1, 0.15) is 20.8 Å². The van der Waals surface area contributed by atoms with Gasteiger partial charge in [-0.1, -0.05) is 11.6 Å². The van der Waals surface area contributed by atoms with Gasteiger partial charge in [0.05, 0.1) is 22.3 Å². The summed E-state index contributed by atoms with van der Waals surface area (Å²) in [4.78, 5) is 30.1. The summed E-state index contributed by atoms with van der Waals surface area (Å²) in [6.07, 6.45) is 0.995. The van der Waals surface area contributed by atoms with Crippen molar-refractivity contribution in [2.75, 3.05) is 13.1 Å². The highest BCUT2D eigenvalue weighted by atomic mass is 79.9. The molecule has 1 aromatic heterocycles. The Morgan fingerprint density at radius 2 is 2.08 bits per heavy atom. The van der Waals surface area contributed by atoms with E-state index in [4.69, 9.17) is 16.3 Å². The van der Waals surface area contributed by atoms with E-state index in [1.807, 2.05) is 20.8 Å². The lowest BCUT2D eigenvalue weighted by atomic mass is 10.0. The van der Waals surface area contributed by atoms with Crippen molar-refractivity contribution < 1.29 is 9.53 Å². The summed E-state index contributed by atoms with van der Waals surface area (Å²) in [5.41, 5.74) is 0.696. The van der Waals surface area contributed by atoms with E-state index in [-0.39, 0.29) is 17.6 Å². The van der Waals surface area contributed by atoms with Crippen LogP contribution < -0.4 is 5.56 Å². The lowest BCUT2D eigenvalue weighted by Gasteiger charge is -2.40. The van der Waals surface area contributed by atoms with Crippen molar-refractivity contribution in [1.82, 2.24) is 14.5 Å². The van der Waals surface area contributed by atoms with Crippen molar-refractivity contribution in [3.05, 3.63) is 38.2 Å². The molecule has 3 rings (SSSR count). The molecule has 1 aliphatic heterocycles. The molecular weight excluding hydrogens is 410 g/mol. The first-order chi connectivity index (χ1) is 11.6. The third kappa shape index (κ3) is 3.98. The number of carbonyl (C=O) groups is 1. The lowest BCUT2D eigenvalue weighted by Crippen LogP contribution is -2.53. The third-order valence-electron chi connectivity index (χ3n) is 3.94. The number of halogens is 2. The Bertz CT molecular complexity index is 885. The lowest BCUT2D eigenvalue weighted by molar-refractivity contribution is -0.00328. The number of likely N-dealkylation sites (tertiary alicyclic amines) is 1. The Kier molecular flexibility index (Phi) is 4.81. The van der Waals surface area contributed by atoms with Crippen LogP contribution in [-0.4, -0.2) is 39.2 Å². The van der Waals surface area contributed by atoms with Gasteiger partial charge in [0.15, 0.2) is 0 Å². The second-order valence-corrected chi connectivity index (χ2v) is 8.47. The second kappa shape index (κ2) is 6.61. The molecule has 1 fully saturated rings. The van der Waals surface area contributed by atoms with Gasteiger partial charge >= 0.3 is 6.09 Å². The van der Waals surface area contributed by atoms with Gasteiger partial charge in [-0.15, -0.1) is 0 Å². The van der Waals surface area contributed by atoms with Crippen molar-refractivity contribution in [2.24, 2.45) is 5.92 Å². The van der Waals surface area contributed by atoms with Gasteiger partial charge in [0.2, 0.25) is 0 Å². The van der Waals surface area contributed by atoms with E-state index in [1.54, 1.807) is 21.6 Å². The molecule has 25 heavy (non-hydrogen) atoms. The van der Waals surface area contributed by atoms with E-state index in [0.29, 0.717) is 35.7 Å². The number of carbonyl (C=O) groups excluding carboxylic acids is 1.